The number of benzene rings is 3. The van der Waals surface area contributed by atoms with Crippen LogP contribution in [0, 0.1) is 0 Å². The third-order valence-corrected chi connectivity index (χ3v) is 7.27. The number of nitrogens with zero attached hydrogens (tertiary/aromatic N) is 1. The molecule has 0 saturated carbocycles. The van der Waals surface area contributed by atoms with Gasteiger partial charge in [0.25, 0.3) is 15.9 Å². The van der Waals surface area contributed by atoms with Crippen molar-refractivity contribution in [2.45, 2.75) is 4.90 Å². The summed E-state index contributed by atoms with van der Waals surface area (Å²) in [4.78, 5) is 12.6. The van der Waals surface area contributed by atoms with Crippen molar-refractivity contribution < 1.29 is 13.2 Å². The molecule has 0 unspecified atom stereocenters. The maximum atomic E-state index is 13.5. The number of fused-ring (bicyclic) bond motifs is 1. The van der Waals surface area contributed by atoms with E-state index >= 15 is 0 Å². The molecule has 1 amide bonds. The second-order valence-electron chi connectivity index (χ2n) is 7.75. The highest BCUT2D eigenvalue weighted by molar-refractivity contribution is 7.90. The van der Waals surface area contributed by atoms with Crippen molar-refractivity contribution in [1.82, 2.24) is 20.1 Å². The molecular weight excluding hydrogens is 448 g/mol. The molecule has 3 aromatic carbocycles. The monoisotopic (exact) mass is 470 g/mol. The maximum Gasteiger partial charge on any atom is 0.268 e. The Kier molecular flexibility index (Phi) is 5.65. The number of rotatable bonds is 6. The molecule has 0 fully saturated rings. The van der Waals surface area contributed by atoms with Gasteiger partial charge < -0.3 is 16.2 Å². The molecule has 2 heterocycles. The molecule has 0 aliphatic carbocycles. The second kappa shape index (κ2) is 8.92. The Morgan fingerprint density at radius 3 is 2.38 bits per heavy atom. The van der Waals surface area contributed by atoms with Gasteiger partial charge in [0, 0.05) is 28.9 Å². The van der Waals surface area contributed by atoms with Crippen molar-refractivity contribution in [2.24, 2.45) is 0 Å². The Balaban J connectivity index is 1.44. The summed E-state index contributed by atoms with van der Waals surface area (Å²) in [5.41, 5.74) is 9.33. The molecule has 1 aliphatic heterocycles. The molecule has 0 spiro atoms. The van der Waals surface area contributed by atoms with E-state index in [1.807, 2.05) is 60.7 Å². The molecule has 4 aromatic rings. The lowest BCUT2D eigenvalue weighted by molar-refractivity contribution is 0.0956. The number of para-hydroxylation sites is 1. The van der Waals surface area contributed by atoms with Gasteiger partial charge in [0.05, 0.1) is 22.7 Å². The molecule has 7 nitrogen and oxygen atoms in total. The minimum atomic E-state index is -3.87. The minimum absolute atomic E-state index is 0.107. The fourth-order valence-electron chi connectivity index (χ4n) is 3.86. The van der Waals surface area contributed by atoms with E-state index in [-0.39, 0.29) is 10.8 Å². The first-order valence-electron chi connectivity index (χ1n) is 10.7. The van der Waals surface area contributed by atoms with Gasteiger partial charge in [-0.05, 0) is 48.0 Å². The van der Waals surface area contributed by atoms with Gasteiger partial charge in [-0.1, -0.05) is 48.5 Å². The van der Waals surface area contributed by atoms with Crippen LogP contribution in [0.25, 0.3) is 22.0 Å². The first-order chi connectivity index (χ1) is 16.5. The predicted molar refractivity (Wildman–Crippen MR) is 132 cm³/mol. The Morgan fingerprint density at radius 1 is 0.912 bits per heavy atom. The van der Waals surface area contributed by atoms with E-state index in [0.717, 1.165) is 22.2 Å². The second-order valence-corrected chi connectivity index (χ2v) is 9.57. The zero-order valence-corrected chi connectivity index (χ0v) is 18.9. The fraction of sp³-hybridized carbons (Fsp3) is 0.0385. The molecule has 3 N–H and O–H groups in total. The number of amides is 1. The first kappa shape index (κ1) is 21.5. The van der Waals surface area contributed by atoms with Crippen LogP contribution in [0.15, 0.2) is 114 Å². The zero-order chi connectivity index (χ0) is 23.5. The van der Waals surface area contributed by atoms with Gasteiger partial charge in [0.15, 0.2) is 0 Å². The van der Waals surface area contributed by atoms with Crippen molar-refractivity contribution in [3.63, 3.8) is 0 Å². The molecule has 0 atom stereocenters. The highest BCUT2D eigenvalue weighted by Gasteiger charge is 2.22. The number of carbonyl (C=O) groups is 1. The molecule has 1 aliphatic rings. The average molecular weight is 471 g/mol. The third-order valence-electron chi connectivity index (χ3n) is 5.59. The lowest BCUT2D eigenvalue weighted by Crippen LogP contribution is -2.35. The smallest absolute Gasteiger partial charge is 0.268 e. The van der Waals surface area contributed by atoms with Gasteiger partial charge >= 0.3 is 0 Å². The largest absolute Gasteiger partial charge is 0.346 e. The molecule has 170 valence electrons. The Bertz CT molecular complexity index is 1520. The zero-order valence-electron chi connectivity index (χ0n) is 18.1. The Morgan fingerprint density at radius 2 is 1.65 bits per heavy atom. The van der Waals surface area contributed by atoms with Gasteiger partial charge in [-0.25, -0.2) is 12.4 Å². The lowest BCUT2D eigenvalue weighted by Gasteiger charge is -2.14. The maximum absolute atomic E-state index is 13.5. The standard InChI is InChI=1S/C26H22N4O3S/c31-26(27-17-21-9-6-16-28-29-21)20-12-14-22(15-13-20)34(32,33)30-18-24(19-7-2-1-3-8-19)23-10-4-5-11-25(23)30/h1-16,18,28-29H,17H2,(H,27,31). The van der Waals surface area contributed by atoms with E-state index < -0.39 is 10.0 Å². The number of aromatic nitrogens is 1. The fourth-order valence-corrected chi connectivity index (χ4v) is 5.23. The number of nitrogens with one attached hydrogen (secondary N) is 3. The van der Waals surface area contributed by atoms with E-state index in [4.69, 9.17) is 0 Å². The minimum Gasteiger partial charge on any atom is -0.346 e. The summed E-state index contributed by atoms with van der Waals surface area (Å²) in [5, 5.41) is 3.66. The van der Waals surface area contributed by atoms with Crippen molar-refractivity contribution >= 4 is 26.8 Å². The Labute approximate surface area is 197 Å². The predicted octanol–water partition coefficient (Wildman–Crippen LogP) is 3.78. The molecule has 34 heavy (non-hydrogen) atoms. The van der Waals surface area contributed by atoms with Crippen LogP contribution >= 0.6 is 0 Å². The average Bonchev–Trinajstić information content (AvgIpc) is 3.29. The summed E-state index contributed by atoms with van der Waals surface area (Å²) in [7, 11) is -3.87. The first-order valence-corrected chi connectivity index (χ1v) is 12.1. The summed E-state index contributed by atoms with van der Waals surface area (Å²) < 4.78 is 28.4. The van der Waals surface area contributed by atoms with Gasteiger partial charge in [-0.15, -0.1) is 0 Å². The van der Waals surface area contributed by atoms with Crippen LogP contribution in [0.5, 0.6) is 0 Å². The van der Waals surface area contributed by atoms with Crippen molar-refractivity contribution in [3.05, 3.63) is 115 Å². The number of hydrogen-bond acceptors (Lipinski definition) is 5. The van der Waals surface area contributed by atoms with Crippen molar-refractivity contribution in [1.29, 1.82) is 0 Å². The van der Waals surface area contributed by atoms with E-state index in [2.05, 4.69) is 16.2 Å². The summed E-state index contributed by atoms with van der Waals surface area (Å²) >= 11 is 0. The van der Waals surface area contributed by atoms with Gasteiger partial charge in [0.2, 0.25) is 0 Å². The summed E-state index contributed by atoms with van der Waals surface area (Å²) in [6, 6.07) is 23.1. The SMILES string of the molecule is O=C(NCC1=CC=CNN1)c1ccc(S(=O)(=O)n2cc(-c3ccccc3)c3ccccc32)cc1. The summed E-state index contributed by atoms with van der Waals surface area (Å²) in [5.74, 6) is -0.293. The van der Waals surface area contributed by atoms with Crippen LogP contribution in [-0.4, -0.2) is 24.8 Å². The van der Waals surface area contributed by atoms with Crippen molar-refractivity contribution in [3.8, 4) is 11.1 Å². The molecule has 5 rings (SSSR count). The highest BCUT2D eigenvalue weighted by atomic mass is 32.2. The Hall–Kier alpha value is -4.30. The number of allylic oxidation sites excluding steroid dienone is 2. The van der Waals surface area contributed by atoms with Crippen LogP contribution in [0.2, 0.25) is 0 Å². The number of hydrogen-bond donors (Lipinski definition) is 3. The van der Waals surface area contributed by atoms with Gasteiger partial charge in [0.1, 0.15) is 0 Å². The topological polar surface area (TPSA) is 92.2 Å². The molecule has 0 saturated heterocycles. The van der Waals surface area contributed by atoms with E-state index in [1.165, 1.54) is 28.2 Å². The van der Waals surface area contributed by atoms with E-state index in [1.54, 1.807) is 18.5 Å². The molecule has 8 heteroatoms. The van der Waals surface area contributed by atoms with Crippen LogP contribution in [0.4, 0.5) is 0 Å². The van der Waals surface area contributed by atoms with E-state index in [0.29, 0.717) is 17.6 Å². The number of carbonyl (C=O) groups excluding carboxylic acids is 1. The van der Waals surface area contributed by atoms with Crippen LogP contribution in [0.3, 0.4) is 0 Å². The number of hydrazine groups is 1. The van der Waals surface area contributed by atoms with Crippen LogP contribution in [0.1, 0.15) is 10.4 Å². The normalized spacial score (nSPS) is 13.1. The molecule has 0 bridgehead atoms. The third kappa shape index (κ3) is 4.06. The van der Waals surface area contributed by atoms with Crippen molar-refractivity contribution in [2.75, 3.05) is 6.54 Å². The summed E-state index contributed by atoms with van der Waals surface area (Å²) in [6.45, 7) is 0.313. The van der Waals surface area contributed by atoms with Gasteiger partial charge in [-0.2, -0.15) is 0 Å². The molecule has 1 aromatic heterocycles. The molecular formula is C26H22N4O3S. The van der Waals surface area contributed by atoms with Crippen LogP contribution < -0.4 is 16.2 Å². The van der Waals surface area contributed by atoms with E-state index in [9.17, 15) is 13.2 Å². The van der Waals surface area contributed by atoms with Gasteiger partial charge in [-0.3, -0.25) is 4.79 Å². The summed E-state index contributed by atoms with van der Waals surface area (Å²) in [6.07, 6.45) is 7.06. The van der Waals surface area contributed by atoms with Crippen LogP contribution in [-0.2, 0) is 10.0 Å². The quantitative estimate of drug-likeness (QED) is 0.399. The molecule has 0 radical (unpaired) electrons. The lowest BCUT2D eigenvalue weighted by atomic mass is 10.1. The highest BCUT2D eigenvalue weighted by Crippen LogP contribution is 2.32.